The molecular weight excluding hydrogens is 238 g/mol. The summed E-state index contributed by atoms with van der Waals surface area (Å²) in [6.45, 7) is 6.94. The zero-order chi connectivity index (χ0) is 13.8. The molecule has 0 saturated heterocycles. The fourth-order valence-corrected chi connectivity index (χ4v) is 2.06. The van der Waals surface area contributed by atoms with Gasteiger partial charge in [-0.25, -0.2) is 0 Å². The van der Waals surface area contributed by atoms with Crippen molar-refractivity contribution in [2.45, 2.75) is 27.3 Å². The second-order valence-electron chi connectivity index (χ2n) is 4.73. The Morgan fingerprint density at radius 2 is 1.84 bits per heavy atom. The Hall–Kier alpha value is -2.03. The highest BCUT2D eigenvalue weighted by atomic mass is 16.5. The van der Waals surface area contributed by atoms with Crippen molar-refractivity contribution in [2.24, 2.45) is 0 Å². The summed E-state index contributed by atoms with van der Waals surface area (Å²) in [4.78, 5) is 11.4. The SMILES string of the molecule is CC(=O)c1ccn(CCOc2ccc(C)cc2)c1C. The standard InChI is InChI=1S/C16H19NO2/c1-12-4-6-15(7-5-12)19-11-10-17-9-8-16(13(17)2)14(3)18/h4-9H,10-11H2,1-3H3. The lowest BCUT2D eigenvalue weighted by Crippen LogP contribution is -2.09. The van der Waals surface area contributed by atoms with Gasteiger partial charge in [-0.1, -0.05) is 17.7 Å². The normalized spacial score (nSPS) is 10.5. The van der Waals surface area contributed by atoms with Crippen molar-refractivity contribution in [3.63, 3.8) is 0 Å². The third kappa shape index (κ3) is 3.25. The molecule has 0 amide bonds. The van der Waals surface area contributed by atoms with Gasteiger partial charge < -0.3 is 9.30 Å². The smallest absolute Gasteiger partial charge is 0.161 e. The lowest BCUT2D eigenvalue weighted by atomic mass is 10.2. The largest absolute Gasteiger partial charge is 0.492 e. The first kappa shape index (κ1) is 13.4. The summed E-state index contributed by atoms with van der Waals surface area (Å²) in [5.41, 5.74) is 3.01. The molecule has 1 aromatic heterocycles. The number of carbonyl (C=O) groups excluding carboxylic acids is 1. The molecule has 0 aliphatic rings. The molecule has 3 heteroatoms. The topological polar surface area (TPSA) is 31.2 Å². The summed E-state index contributed by atoms with van der Waals surface area (Å²) in [5, 5.41) is 0. The van der Waals surface area contributed by atoms with Crippen LogP contribution < -0.4 is 4.74 Å². The molecular formula is C16H19NO2. The highest BCUT2D eigenvalue weighted by Crippen LogP contribution is 2.13. The number of rotatable bonds is 5. The maximum Gasteiger partial charge on any atom is 0.161 e. The Morgan fingerprint density at radius 3 is 2.42 bits per heavy atom. The zero-order valence-electron chi connectivity index (χ0n) is 11.6. The van der Waals surface area contributed by atoms with E-state index in [0.717, 1.165) is 23.6 Å². The predicted octanol–water partition coefficient (Wildman–Crippen LogP) is 3.39. The number of benzene rings is 1. The minimum atomic E-state index is 0.107. The molecule has 0 aliphatic heterocycles. The number of Topliss-reactive ketones (excluding diaryl/α,β-unsaturated/α-hetero) is 1. The molecule has 0 radical (unpaired) electrons. The molecule has 0 unspecified atom stereocenters. The van der Waals surface area contributed by atoms with Crippen LogP contribution in [0.15, 0.2) is 36.5 Å². The molecule has 0 aliphatic carbocycles. The minimum Gasteiger partial charge on any atom is -0.492 e. The third-order valence-electron chi connectivity index (χ3n) is 3.24. The maximum atomic E-state index is 11.4. The van der Waals surface area contributed by atoms with Gasteiger partial charge in [0, 0.05) is 17.5 Å². The van der Waals surface area contributed by atoms with Crippen molar-refractivity contribution < 1.29 is 9.53 Å². The molecule has 1 aromatic carbocycles. The van der Waals surface area contributed by atoms with Gasteiger partial charge >= 0.3 is 0 Å². The van der Waals surface area contributed by atoms with Crippen LogP contribution in [-0.2, 0) is 6.54 Å². The van der Waals surface area contributed by atoms with Crippen molar-refractivity contribution >= 4 is 5.78 Å². The number of aryl methyl sites for hydroxylation is 1. The summed E-state index contributed by atoms with van der Waals surface area (Å²) in [7, 11) is 0. The summed E-state index contributed by atoms with van der Waals surface area (Å²) >= 11 is 0. The summed E-state index contributed by atoms with van der Waals surface area (Å²) in [5.74, 6) is 0.984. The molecule has 1 heterocycles. The number of aromatic nitrogens is 1. The molecule has 0 atom stereocenters. The van der Waals surface area contributed by atoms with Gasteiger partial charge in [0.2, 0.25) is 0 Å². The molecule has 3 nitrogen and oxygen atoms in total. The quantitative estimate of drug-likeness (QED) is 0.769. The Balaban J connectivity index is 1.92. The van der Waals surface area contributed by atoms with Crippen LogP contribution in [0.3, 0.4) is 0 Å². The lowest BCUT2D eigenvalue weighted by molar-refractivity contribution is 0.101. The lowest BCUT2D eigenvalue weighted by Gasteiger charge is -2.09. The van der Waals surface area contributed by atoms with Gasteiger partial charge in [-0.15, -0.1) is 0 Å². The van der Waals surface area contributed by atoms with Crippen molar-refractivity contribution in [1.29, 1.82) is 0 Å². The van der Waals surface area contributed by atoms with Gasteiger partial charge in [0.05, 0.1) is 6.54 Å². The average Bonchev–Trinajstić information content (AvgIpc) is 2.74. The average molecular weight is 257 g/mol. The summed E-state index contributed by atoms with van der Waals surface area (Å²) in [6.07, 6.45) is 1.94. The van der Waals surface area contributed by atoms with E-state index in [1.54, 1.807) is 6.92 Å². The molecule has 19 heavy (non-hydrogen) atoms. The molecule has 0 spiro atoms. The molecule has 0 N–H and O–H groups in total. The van der Waals surface area contributed by atoms with E-state index in [9.17, 15) is 4.79 Å². The van der Waals surface area contributed by atoms with Crippen LogP contribution in [0.25, 0.3) is 0 Å². The molecule has 100 valence electrons. The minimum absolute atomic E-state index is 0.107. The molecule has 0 saturated carbocycles. The number of ketones is 1. The molecule has 2 rings (SSSR count). The predicted molar refractivity (Wildman–Crippen MR) is 75.8 cm³/mol. The molecule has 0 fully saturated rings. The van der Waals surface area contributed by atoms with E-state index in [0.29, 0.717) is 6.61 Å². The van der Waals surface area contributed by atoms with Gasteiger partial charge in [0.15, 0.2) is 5.78 Å². The van der Waals surface area contributed by atoms with E-state index < -0.39 is 0 Å². The van der Waals surface area contributed by atoms with Crippen LogP contribution in [0.1, 0.15) is 28.5 Å². The molecule has 0 bridgehead atoms. The summed E-state index contributed by atoms with van der Waals surface area (Å²) < 4.78 is 7.73. The second kappa shape index (κ2) is 5.74. The first-order valence-corrected chi connectivity index (χ1v) is 6.44. The first-order valence-electron chi connectivity index (χ1n) is 6.44. The van der Waals surface area contributed by atoms with Gasteiger partial charge in [-0.05, 0) is 39.0 Å². The highest BCUT2D eigenvalue weighted by Gasteiger charge is 2.08. The van der Waals surface area contributed by atoms with Crippen LogP contribution in [0.4, 0.5) is 0 Å². The van der Waals surface area contributed by atoms with Gasteiger partial charge in [-0.2, -0.15) is 0 Å². The Kier molecular flexibility index (Phi) is 4.05. The van der Waals surface area contributed by atoms with Crippen molar-refractivity contribution in [1.82, 2.24) is 4.57 Å². The first-order chi connectivity index (χ1) is 9.08. The van der Waals surface area contributed by atoms with Crippen LogP contribution >= 0.6 is 0 Å². The van der Waals surface area contributed by atoms with E-state index in [1.807, 2.05) is 48.0 Å². The number of hydrogen-bond donors (Lipinski definition) is 0. The fraction of sp³-hybridized carbons (Fsp3) is 0.312. The Labute approximate surface area is 113 Å². The summed E-state index contributed by atoms with van der Waals surface area (Å²) in [6, 6.07) is 9.87. The van der Waals surface area contributed by atoms with Crippen molar-refractivity contribution in [3.05, 3.63) is 53.3 Å². The number of hydrogen-bond acceptors (Lipinski definition) is 2. The molecule has 2 aromatic rings. The monoisotopic (exact) mass is 257 g/mol. The van der Waals surface area contributed by atoms with E-state index >= 15 is 0 Å². The zero-order valence-corrected chi connectivity index (χ0v) is 11.6. The van der Waals surface area contributed by atoms with E-state index in [-0.39, 0.29) is 5.78 Å². The Morgan fingerprint density at radius 1 is 1.16 bits per heavy atom. The van der Waals surface area contributed by atoms with E-state index in [4.69, 9.17) is 4.74 Å². The van der Waals surface area contributed by atoms with Crippen LogP contribution in [-0.4, -0.2) is 17.0 Å². The number of nitrogens with zero attached hydrogens (tertiary/aromatic N) is 1. The van der Waals surface area contributed by atoms with Crippen molar-refractivity contribution in [2.75, 3.05) is 6.61 Å². The Bertz CT molecular complexity index is 567. The van der Waals surface area contributed by atoms with Crippen LogP contribution in [0.2, 0.25) is 0 Å². The van der Waals surface area contributed by atoms with Gasteiger partial charge in [0.1, 0.15) is 12.4 Å². The number of carbonyl (C=O) groups is 1. The maximum absolute atomic E-state index is 11.4. The third-order valence-corrected chi connectivity index (χ3v) is 3.24. The van der Waals surface area contributed by atoms with Crippen molar-refractivity contribution in [3.8, 4) is 5.75 Å². The van der Waals surface area contributed by atoms with Gasteiger partial charge in [0.25, 0.3) is 0 Å². The number of ether oxygens (including phenoxy) is 1. The fourth-order valence-electron chi connectivity index (χ4n) is 2.06. The highest BCUT2D eigenvalue weighted by molar-refractivity contribution is 5.95. The second-order valence-corrected chi connectivity index (χ2v) is 4.73. The van der Waals surface area contributed by atoms with Crippen LogP contribution in [0, 0.1) is 13.8 Å². The van der Waals surface area contributed by atoms with Crippen LogP contribution in [0.5, 0.6) is 5.75 Å². The van der Waals surface area contributed by atoms with E-state index in [1.165, 1.54) is 5.56 Å². The van der Waals surface area contributed by atoms with Gasteiger partial charge in [-0.3, -0.25) is 4.79 Å². The van der Waals surface area contributed by atoms with E-state index in [2.05, 4.69) is 6.92 Å².